The van der Waals surface area contributed by atoms with E-state index in [9.17, 15) is 13.5 Å². The second kappa shape index (κ2) is 6.79. The Kier molecular flexibility index (Phi) is 4.84. The maximum atomic E-state index is 12.8. The van der Waals surface area contributed by atoms with Crippen LogP contribution in [0.2, 0.25) is 0 Å². The van der Waals surface area contributed by atoms with Gasteiger partial charge in [-0.05, 0) is 17.7 Å². The van der Waals surface area contributed by atoms with Crippen molar-refractivity contribution in [2.75, 3.05) is 13.1 Å². The summed E-state index contributed by atoms with van der Waals surface area (Å²) in [4.78, 5) is 4.33. The van der Waals surface area contributed by atoms with E-state index < -0.39 is 15.6 Å². The van der Waals surface area contributed by atoms with Gasteiger partial charge in [0.2, 0.25) is 10.0 Å². The molecule has 138 valence electrons. The number of hydrogen-bond acceptors (Lipinski definition) is 7. The molecule has 1 saturated heterocycles. The molecule has 2 aromatic rings. The maximum Gasteiger partial charge on any atom is 0.260 e. The lowest BCUT2D eigenvalue weighted by Gasteiger charge is -2.19. The first kappa shape index (κ1) is 18.5. The molecule has 1 aliphatic rings. The highest BCUT2D eigenvalue weighted by Crippen LogP contribution is 2.34. The first-order chi connectivity index (χ1) is 12.3. The van der Waals surface area contributed by atoms with Crippen LogP contribution in [-0.2, 0) is 22.0 Å². The summed E-state index contributed by atoms with van der Waals surface area (Å²) < 4.78 is 32.0. The summed E-state index contributed by atoms with van der Waals surface area (Å²) in [5, 5.41) is 23.4. The van der Waals surface area contributed by atoms with Crippen molar-refractivity contribution >= 4 is 10.0 Å². The smallest absolute Gasteiger partial charge is 0.260 e. The minimum Gasteiger partial charge on any atom is -0.379 e. The summed E-state index contributed by atoms with van der Waals surface area (Å²) in [6.07, 6.45) is 0.400. The van der Waals surface area contributed by atoms with Crippen LogP contribution in [0.25, 0.3) is 0 Å². The number of β-amino-alcohol motifs (C(OH)–C–C–N with tert-alkyl or cyclic N) is 1. The summed E-state index contributed by atoms with van der Waals surface area (Å²) in [7, 11) is -3.76. The van der Waals surface area contributed by atoms with Gasteiger partial charge in [-0.3, -0.25) is 0 Å². The van der Waals surface area contributed by atoms with E-state index in [2.05, 4.69) is 10.1 Å². The van der Waals surface area contributed by atoms with Gasteiger partial charge in [-0.25, -0.2) is 8.42 Å². The van der Waals surface area contributed by atoms with E-state index in [1.54, 1.807) is 12.1 Å². The van der Waals surface area contributed by atoms with Crippen molar-refractivity contribution in [2.24, 2.45) is 0 Å². The molecule has 0 aliphatic carbocycles. The Hall–Kier alpha value is -2.28. The molecule has 8 nitrogen and oxygen atoms in total. The fourth-order valence-electron chi connectivity index (χ4n) is 2.82. The SMILES string of the molecule is CC(C)c1noc([C@@]2(O)CCN(S(=O)(=O)c3ccc(CC#N)cc3)C2)n1. The average molecular weight is 376 g/mol. The number of rotatable bonds is 5. The molecule has 1 aromatic heterocycles. The van der Waals surface area contributed by atoms with Crippen LogP contribution in [0.4, 0.5) is 0 Å². The Bertz CT molecular complexity index is 930. The Labute approximate surface area is 152 Å². The van der Waals surface area contributed by atoms with Crippen LogP contribution in [0.15, 0.2) is 33.7 Å². The molecule has 0 amide bonds. The summed E-state index contributed by atoms with van der Waals surface area (Å²) in [6.45, 7) is 3.81. The van der Waals surface area contributed by atoms with Gasteiger partial charge in [0.1, 0.15) is 0 Å². The first-order valence-electron chi connectivity index (χ1n) is 8.29. The zero-order chi connectivity index (χ0) is 18.9. The Morgan fingerprint density at radius 3 is 2.65 bits per heavy atom. The number of nitrogens with zero attached hydrogens (tertiary/aromatic N) is 4. The summed E-state index contributed by atoms with van der Waals surface area (Å²) in [5.74, 6) is 0.565. The molecule has 1 aliphatic heterocycles. The predicted molar refractivity (Wildman–Crippen MR) is 91.4 cm³/mol. The van der Waals surface area contributed by atoms with E-state index in [1.165, 1.54) is 16.4 Å². The van der Waals surface area contributed by atoms with Crippen LogP contribution in [0.5, 0.6) is 0 Å². The van der Waals surface area contributed by atoms with Gasteiger partial charge in [-0.2, -0.15) is 14.6 Å². The number of aliphatic hydroxyl groups is 1. The monoisotopic (exact) mass is 376 g/mol. The Balaban J connectivity index is 1.81. The molecular formula is C17H20N4O4S. The molecule has 1 N–H and O–H groups in total. The lowest BCUT2D eigenvalue weighted by Crippen LogP contribution is -2.34. The molecule has 26 heavy (non-hydrogen) atoms. The zero-order valence-electron chi connectivity index (χ0n) is 14.6. The third-order valence-corrected chi connectivity index (χ3v) is 6.27. The lowest BCUT2D eigenvalue weighted by atomic mass is 10.0. The molecule has 1 aromatic carbocycles. The Morgan fingerprint density at radius 1 is 1.38 bits per heavy atom. The topological polar surface area (TPSA) is 120 Å². The van der Waals surface area contributed by atoms with E-state index >= 15 is 0 Å². The van der Waals surface area contributed by atoms with Crippen LogP contribution in [0.1, 0.15) is 43.5 Å². The molecular weight excluding hydrogens is 356 g/mol. The number of hydrogen-bond donors (Lipinski definition) is 1. The van der Waals surface area contributed by atoms with E-state index in [4.69, 9.17) is 9.78 Å². The van der Waals surface area contributed by atoms with Gasteiger partial charge in [-0.1, -0.05) is 31.1 Å². The van der Waals surface area contributed by atoms with Crippen molar-refractivity contribution in [1.82, 2.24) is 14.4 Å². The van der Waals surface area contributed by atoms with Gasteiger partial charge in [-0.15, -0.1) is 0 Å². The minimum atomic E-state index is -3.76. The Morgan fingerprint density at radius 2 is 2.08 bits per heavy atom. The molecule has 0 unspecified atom stereocenters. The second-order valence-electron chi connectivity index (χ2n) is 6.71. The molecule has 0 saturated carbocycles. The highest BCUT2D eigenvalue weighted by atomic mass is 32.2. The summed E-state index contributed by atoms with van der Waals surface area (Å²) in [5.41, 5.74) is -0.745. The molecule has 1 fully saturated rings. The lowest BCUT2D eigenvalue weighted by molar-refractivity contribution is 0.0194. The van der Waals surface area contributed by atoms with Crippen molar-refractivity contribution in [1.29, 1.82) is 5.26 Å². The van der Waals surface area contributed by atoms with Crippen LogP contribution in [-0.4, -0.2) is 41.1 Å². The molecule has 0 radical (unpaired) electrons. The fourth-order valence-corrected chi connectivity index (χ4v) is 4.31. The number of nitriles is 1. The van der Waals surface area contributed by atoms with Crippen LogP contribution in [0.3, 0.4) is 0 Å². The van der Waals surface area contributed by atoms with Gasteiger partial charge in [0.25, 0.3) is 5.89 Å². The average Bonchev–Trinajstić information content (AvgIpc) is 3.24. The van der Waals surface area contributed by atoms with Crippen molar-refractivity contribution in [2.45, 2.75) is 43.1 Å². The zero-order valence-corrected chi connectivity index (χ0v) is 15.4. The molecule has 1 atom stereocenters. The van der Waals surface area contributed by atoms with Gasteiger partial charge in [0.05, 0.1) is 23.9 Å². The van der Waals surface area contributed by atoms with Gasteiger partial charge in [0, 0.05) is 18.9 Å². The third-order valence-electron chi connectivity index (χ3n) is 4.41. The van der Waals surface area contributed by atoms with Crippen molar-refractivity contribution < 1.29 is 18.0 Å². The normalized spacial score (nSPS) is 21.2. The quantitative estimate of drug-likeness (QED) is 0.840. The fraction of sp³-hybridized carbons (Fsp3) is 0.471. The van der Waals surface area contributed by atoms with Crippen molar-refractivity contribution in [3.8, 4) is 6.07 Å². The van der Waals surface area contributed by atoms with E-state index in [0.29, 0.717) is 5.82 Å². The molecule has 2 heterocycles. The second-order valence-corrected chi connectivity index (χ2v) is 8.65. The minimum absolute atomic E-state index is 0.0447. The standard InChI is InChI=1S/C17H20N4O4S/c1-12(2)15-19-16(25-20-15)17(22)8-10-21(11-17)26(23,24)14-5-3-13(4-6-14)7-9-18/h3-6,12,22H,7-8,10-11H2,1-2H3/t17-/m1/s1. The van der Waals surface area contributed by atoms with Gasteiger partial charge in [0.15, 0.2) is 11.4 Å². The van der Waals surface area contributed by atoms with Crippen LogP contribution >= 0.6 is 0 Å². The van der Waals surface area contributed by atoms with Crippen molar-refractivity contribution in [3.63, 3.8) is 0 Å². The van der Waals surface area contributed by atoms with Gasteiger partial charge >= 0.3 is 0 Å². The first-order valence-corrected chi connectivity index (χ1v) is 9.73. The summed E-state index contributed by atoms with van der Waals surface area (Å²) >= 11 is 0. The van der Waals surface area contributed by atoms with Crippen LogP contribution < -0.4 is 0 Å². The molecule has 0 bridgehead atoms. The predicted octanol–water partition coefficient (Wildman–Crippen LogP) is 1.54. The number of benzene rings is 1. The van der Waals surface area contributed by atoms with Crippen LogP contribution in [0, 0.1) is 11.3 Å². The number of aromatic nitrogens is 2. The molecule has 3 rings (SSSR count). The third kappa shape index (κ3) is 3.35. The maximum absolute atomic E-state index is 12.8. The molecule has 0 spiro atoms. The molecule has 9 heteroatoms. The van der Waals surface area contributed by atoms with E-state index in [1.807, 2.05) is 19.9 Å². The van der Waals surface area contributed by atoms with Gasteiger partial charge < -0.3 is 9.63 Å². The van der Waals surface area contributed by atoms with Crippen molar-refractivity contribution in [3.05, 3.63) is 41.5 Å². The number of sulfonamides is 1. The highest BCUT2D eigenvalue weighted by molar-refractivity contribution is 7.89. The summed E-state index contributed by atoms with van der Waals surface area (Å²) in [6, 6.07) is 8.20. The van der Waals surface area contributed by atoms with E-state index in [-0.39, 0.29) is 42.6 Å². The van der Waals surface area contributed by atoms with E-state index in [0.717, 1.165) is 5.56 Å². The highest BCUT2D eigenvalue weighted by Gasteiger charge is 2.46. The largest absolute Gasteiger partial charge is 0.379 e.